The molecule has 0 aliphatic rings. The molecule has 2 amide bonds. The molecule has 2 N–H and O–H groups in total. The minimum Gasteiger partial charge on any atom is -0.452 e. The van der Waals surface area contributed by atoms with Gasteiger partial charge in [-0.2, -0.15) is 0 Å². The third-order valence-electron chi connectivity index (χ3n) is 3.44. The summed E-state index contributed by atoms with van der Waals surface area (Å²) in [6.45, 7) is -0.0547. The Bertz CT molecular complexity index is 804. The Morgan fingerprint density at radius 3 is 2.46 bits per heavy atom. The first-order valence-corrected chi connectivity index (χ1v) is 7.90. The SMILES string of the molecule is CNC(=O)c1cccc(NC(=O)COC(=O)c2cccc(COC)c2)c1. The molecule has 0 radical (unpaired) electrons. The Hall–Kier alpha value is -3.19. The molecule has 2 aromatic carbocycles. The predicted molar refractivity (Wildman–Crippen MR) is 95.9 cm³/mol. The van der Waals surface area contributed by atoms with E-state index in [1.165, 1.54) is 13.1 Å². The summed E-state index contributed by atoms with van der Waals surface area (Å²) < 4.78 is 10.0. The summed E-state index contributed by atoms with van der Waals surface area (Å²) >= 11 is 0. The lowest BCUT2D eigenvalue weighted by Crippen LogP contribution is -2.22. The highest BCUT2D eigenvalue weighted by molar-refractivity contribution is 5.98. The van der Waals surface area contributed by atoms with E-state index in [1.807, 2.05) is 6.07 Å². The number of amides is 2. The average molecular weight is 356 g/mol. The molecule has 7 heteroatoms. The monoisotopic (exact) mass is 356 g/mol. The zero-order valence-electron chi connectivity index (χ0n) is 14.6. The zero-order chi connectivity index (χ0) is 18.9. The first kappa shape index (κ1) is 19.1. The molecule has 0 heterocycles. The van der Waals surface area contributed by atoms with Gasteiger partial charge in [-0.15, -0.1) is 0 Å². The van der Waals surface area contributed by atoms with Crippen molar-refractivity contribution in [2.24, 2.45) is 0 Å². The van der Waals surface area contributed by atoms with Crippen LogP contribution in [0, 0.1) is 0 Å². The van der Waals surface area contributed by atoms with Gasteiger partial charge in [-0.3, -0.25) is 9.59 Å². The quantitative estimate of drug-likeness (QED) is 0.740. The molecular weight excluding hydrogens is 336 g/mol. The van der Waals surface area contributed by atoms with Crippen LogP contribution in [0.1, 0.15) is 26.3 Å². The van der Waals surface area contributed by atoms with Gasteiger partial charge in [-0.05, 0) is 35.9 Å². The van der Waals surface area contributed by atoms with Crippen molar-refractivity contribution in [3.8, 4) is 0 Å². The first-order valence-electron chi connectivity index (χ1n) is 7.90. The molecule has 0 aliphatic carbocycles. The van der Waals surface area contributed by atoms with Gasteiger partial charge in [0, 0.05) is 25.4 Å². The number of rotatable bonds is 7. The molecule has 0 saturated carbocycles. The Morgan fingerprint density at radius 2 is 1.73 bits per heavy atom. The van der Waals surface area contributed by atoms with Gasteiger partial charge in [0.25, 0.3) is 11.8 Å². The molecule has 136 valence electrons. The van der Waals surface area contributed by atoms with Crippen LogP contribution in [0.25, 0.3) is 0 Å². The number of carbonyl (C=O) groups is 3. The zero-order valence-corrected chi connectivity index (χ0v) is 14.6. The van der Waals surface area contributed by atoms with Crippen LogP contribution in [0.5, 0.6) is 0 Å². The summed E-state index contributed by atoms with van der Waals surface area (Å²) in [5.74, 6) is -1.36. The van der Waals surface area contributed by atoms with E-state index in [2.05, 4.69) is 10.6 Å². The van der Waals surface area contributed by atoms with Crippen LogP contribution in [0.15, 0.2) is 48.5 Å². The summed E-state index contributed by atoms with van der Waals surface area (Å²) in [7, 11) is 3.09. The van der Waals surface area contributed by atoms with Crippen LogP contribution in [0.3, 0.4) is 0 Å². The van der Waals surface area contributed by atoms with Crippen molar-refractivity contribution in [2.45, 2.75) is 6.61 Å². The summed E-state index contributed by atoms with van der Waals surface area (Å²) in [5.41, 5.74) is 2.03. The fourth-order valence-electron chi connectivity index (χ4n) is 2.25. The van der Waals surface area contributed by atoms with Gasteiger partial charge in [0.15, 0.2) is 6.61 Å². The van der Waals surface area contributed by atoms with E-state index >= 15 is 0 Å². The number of anilines is 1. The maximum Gasteiger partial charge on any atom is 0.338 e. The van der Waals surface area contributed by atoms with E-state index in [1.54, 1.807) is 43.5 Å². The van der Waals surface area contributed by atoms with Crippen LogP contribution in [-0.2, 0) is 20.9 Å². The van der Waals surface area contributed by atoms with Crippen LogP contribution < -0.4 is 10.6 Å². The van der Waals surface area contributed by atoms with Crippen molar-refractivity contribution in [1.29, 1.82) is 0 Å². The topological polar surface area (TPSA) is 93.7 Å². The van der Waals surface area contributed by atoms with Crippen molar-refractivity contribution < 1.29 is 23.9 Å². The van der Waals surface area contributed by atoms with E-state index < -0.39 is 18.5 Å². The molecule has 0 saturated heterocycles. The van der Waals surface area contributed by atoms with E-state index in [-0.39, 0.29) is 5.91 Å². The smallest absolute Gasteiger partial charge is 0.338 e. The van der Waals surface area contributed by atoms with Gasteiger partial charge in [-0.25, -0.2) is 4.79 Å². The maximum atomic E-state index is 12.0. The first-order chi connectivity index (χ1) is 12.5. The summed E-state index contributed by atoms with van der Waals surface area (Å²) in [6.07, 6.45) is 0. The highest BCUT2D eigenvalue weighted by Gasteiger charge is 2.12. The third kappa shape index (κ3) is 5.42. The van der Waals surface area contributed by atoms with Gasteiger partial charge in [0.2, 0.25) is 0 Å². The molecule has 0 spiro atoms. The van der Waals surface area contributed by atoms with Gasteiger partial charge >= 0.3 is 5.97 Å². The standard InChI is InChI=1S/C19H20N2O5/c1-20-18(23)14-6-4-8-16(10-14)21-17(22)12-26-19(24)15-7-3-5-13(9-15)11-25-2/h3-10H,11-12H2,1-2H3,(H,20,23)(H,21,22). The van der Waals surface area contributed by atoms with E-state index in [0.29, 0.717) is 23.4 Å². The van der Waals surface area contributed by atoms with Crippen LogP contribution >= 0.6 is 0 Å². The number of hydrogen-bond acceptors (Lipinski definition) is 5. The van der Waals surface area contributed by atoms with Gasteiger partial charge in [0.1, 0.15) is 0 Å². The van der Waals surface area contributed by atoms with Crippen molar-refractivity contribution in [1.82, 2.24) is 5.32 Å². The van der Waals surface area contributed by atoms with E-state index in [0.717, 1.165) is 5.56 Å². The molecule has 0 fully saturated rings. The van der Waals surface area contributed by atoms with E-state index in [4.69, 9.17) is 9.47 Å². The molecule has 0 unspecified atom stereocenters. The highest BCUT2D eigenvalue weighted by atomic mass is 16.5. The second-order valence-corrected chi connectivity index (χ2v) is 5.42. The molecule has 0 aromatic heterocycles. The number of esters is 1. The van der Waals surface area contributed by atoms with Gasteiger partial charge in [0.05, 0.1) is 12.2 Å². The number of carbonyl (C=O) groups excluding carboxylic acids is 3. The molecule has 26 heavy (non-hydrogen) atoms. The number of benzene rings is 2. The van der Waals surface area contributed by atoms with Crippen molar-refractivity contribution in [2.75, 3.05) is 26.1 Å². The summed E-state index contributed by atoms with van der Waals surface area (Å²) in [5, 5.41) is 5.09. The van der Waals surface area contributed by atoms with Crippen LogP contribution in [0.2, 0.25) is 0 Å². The maximum absolute atomic E-state index is 12.0. The summed E-state index contributed by atoms with van der Waals surface area (Å²) in [4.78, 5) is 35.6. The molecule has 0 bridgehead atoms. The number of nitrogens with one attached hydrogen (secondary N) is 2. The molecular formula is C19H20N2O5. The van der Waals surface area contributed by atoms with Crippen molar-refractivity contribution in [3.05, 3.63) is 65.2 Å². The van der Waals surface area contributed by atoms with Crippen LogP contribution in [0.4, 0.5) is 5.69 Å². The largest absolute Gasteiger partial charge is 0.452 e. The van der Waals surface area contributed by atoms with E-state index in [9.17, 15) is 14.4 Å². The Balaban J connectivity index is 1.91. The minimum absolute atomic E-state index is 0.261. The highest BCUT2D eigenvalue weighted by Crippen LogP contribution is 2.11. The van der Waals surface area contributed by atoms with Gasteiger partial charge in [-0.1, -0.05) is 18.2 Å². The molecule has 7 nitrogen and oxygen atoms in total. The number of ether oxygens (including phenoxy) is 2. The molecule has 0 aliphatic heterocycles. The van der Waals surface area contributed by atoms with Crippen LogP contribution in [-0.4, -0.2) is 38.5 Å². The van der Waals surface area contributed by atoms with Crippen molar-refractivity contribution in [3.63, 3.8) is 0 Å². The Labute approximate surface area is 151 Å². The predicted octanol–water partition coefficient (Wildman–Crippen LogP) is 1.99. The molecule has 0 atom stereocenters. The minimum atomic E-state index is -0.600. The molecule has 2 rings (SSSR count). The fourth-order valence-corrected chi connectivity index (χ4v) is 2.25. The number of methoxy groups -OCH3 is 1. The number of hydrogen-bond donors (Lipinski definition) is 2. The lowest BCUT2D eigenvalue weighted by Gasteiger charge is -2.08. The average Bonchev–Trinajstić information content (AvgIpc) is 2.66. The van der Waals surface area contributed by atoms with Gasteiger partial charge < -0.3 is 20.1 Å². The second kappa shape index (κ2) is 9.33. The molecule has 2 aromatic rings. The summed E-state index contributed by atoms with van der Waals surface area (Å²) in [6, 6.07) is 13.2. The third-order valence-corrected chi connectivity index (χ3v) is 3.44. The Morgan fingerprint density at radius 1 is 1.00 bits per heavy atom. The lowest BCUT2D eigenvalue weighted by molar-refractivity contribution is -0.119. The lowest BCUT2D eigenvalue weighted by atomic mass is 10.1. The fraction of sp³-hybridized carbons (Fsp3) is 0.211. The normalized spacial score (nSPS) is 10.1. The Kier molecular flexibility index (Phi) is 6.87. The second-order valence-electron chi connectivity index (χ2n) is 5.42. The van der Waals surface area contributed by atoms with Crippen molar-refractivity contribution >= 4 is 23.5 Å².